The maximum atomic E-state index is 5.52. The van der Waals surface area contributed by atoms with Gasteiger partial charge in [-0.3, -0.25) is 0 Å². The van der Waals surface area contributed by atoms with E-state index in [1.165, 1.54) is 0 Å². The van der Waals surface area contributed by atoms with Crippen molar-refractivity contribution >= 4 is 11.9 Å². The minimum atomic E-state index is -2.22. The number of rotatable bonds is 5. The fourth-order valence-corrected chi connectivity index (χ4v) is 2.68. The fraction of sp³-hybridized carbons (Fsp3) is 1.00. The Morgan fingerprint density at radius 1 is 0.867 bits per heavy atom. The van der Waals surface area contributed by atoms with Gasteiger partial charge in [0, 0.05) is 0 Å². The molecule has 0 spiro atoms. The Kier molecular flexibility index (Phi) is 6.81. The van der Waals surface area contributed by atoms with E-state index >= 15 is 0 Å². The first-order valence-corrected chi connectivity index (χ1v) is 7.01. The predicted octanol–water partition coefficient (Wildman–Crippen LogP) is 3.65. The van der Waals surface area contributed by atoms with Crippen LogP contribution < -0.4 is 0 Å². The summed E-state index contributed by atoms with van der Waals surface area (Å²) in [5.41, 5.74) is 0.209. The Labute approximate surface area is 104 Å². The van der Waals surface area contributed by atoms with Crippen LogP contribution in [0.2, 0.25) is 0 Å². The van der Waals surface area contributed by atoms with Gasteiger partial charge in [-0.05, 0) is 0 Å². The molecule has 0 fully saturated rings. The van der Waals surface area contributed by atoms with Crippen molar-refractivity contribution < 1.29 is 26.7 Å². The van der Waals surface area contributed by atoms with Crippen LogP contribution >= 0.6 is 11.9 Å². The summed E-state index contributed by atoms with van der Waals surface area (Å²) in [7, 11) is 0. The van der Waals surface area contributed by atoms with Crippen LogP contribution in [-0.2, 0) is 26.7 Å². The van der Waals surface area contributed by atoms with Gasteiger partial charge in [-0.15, -0.1) is 0 Å². The number of hydrogen-bond donors (Lipinski definition) is 0. The summed E-state index contributed by atoms with van der Waals surface area (Å²) in [6.45, 7) is 13.8. The predicted molar refractivity (Wildman–Crippen MR) is 57.8 cm³/mol. The first kappa shape index (κ1) is 15.8. The summed E-state index contributed by atoms with van der Waals surface area (Å²) < 4.78 is 15.8. The van der Waals surface area contributed by atoms with Crippen molar-refractivity contribution in [2.45, 2.75) is 41.5 Å². The summed E-state index contributed by atoms with van der Waals surface area (Å²) in [5, 5.41) is 0. The van der Waals surface area contributed by atoms with Crippen LogP contribution in [0.5, 0.6) is 0 Å². The van der Waals surface area contributed by atoms with E-state index in [2.05, 4.69) is 41.5 Å². The monoisotopic (exact) mass is 276 g/mol. The molecule has 0 aliphatic rings. The molecule has 0 aliphatic heterocycles. The van der Waals surface area contributed by atoms with E-state index in [-0.39, 0.29) is 10.8 Å². The standard InChI is InChI=1S/2C5H11O.ClO.V/c2*1-5(2,3)4-6;1-2;/h2*4H2,1-3H3;;/q3*-1;+3. The molecule has 0 heterocycles. The normalized spacial score (nSPS) is 13.6. The van der Waals surface area contributed by atoms with Gasteiger partial charge in [-0.2, -0.15) is 0 Å². The zero-order valence-corrected chi connectivity index (χ0v) is 12.6. The quantitative estimate of drug-likeness (QED) is 0.767. The van der Waals surface area contributed by atoms with Crippen LogP contribution in [0.3, 0.4) is 0 Å². The van der Waals surface area contributed by atoms with Gasteiger partial charge in [-0.1, -0.05) is 0 Å². The maximum absolute atomic E-state index is 5.52. The molecule has 0 aromatic carbocycles. The van der Waals surface area contributed by atoms with Gasteiger partial charge in [0.05, 0.1) is 0 Å². The second-order valence-corrected chi connectivity index (χ2v) is 8.25. The average molecular weight is 277 g/mol. The Morgan fingerprint density at radius 2 is 1.20 bits per heavy atom. The number of halogens is 1. The Hall–Kier alpha value is 0.754. The molecule has 0 saturated heterocycles. The molecule has 0 aromatic rings. The molecule has 3 nitrogen and oxygen atoms in total. The van der Waals surface area contributed by atoms with E-state index in [4.69, 9.17) is 22.4 Å². The van der Waals surface area contributed by atoms with E-state index in [1.54, 1.807) is 0 Å². The molecule has 0 N–H and O–H groups in total. The summed E-state index contributed by atoms with van der Waals surface area (Å²) in [4.78, 5) is 0. The van der Waals surface area contributed by atoms with Crippen LogP contribution in [0.25, 0.3) is 0 Å². The molecule has 0 aromatic heterocycles. The molecule has 0 radical (unpaired) electrons. The molecule has 5 heteroatoms. The van der Waals surface area contributed by atoms with Crippen LogP contribution in [0.4, 0.5) is 0 Å². The SMILES string of the molecule is CC(C)(C)C[O][V]([O]Cl)[O]CC(C)(C)C. The van der Waals surface area contributed by atoms with Gasteiger partial charge in [-0.25, -0.2) is 0 Å². The van der Waals surface area contributed by atoms with Crippen LogP contribution in [0.15, 0.2) is 0 Å². The average Bonchev–Trinajstić information content (AvgIpc) is 2.00. The zero-order valence-electron chi connectivity index (χ0n) is 10.5. The Balaban J connectivity index is 3.84. The molecule has 0 bridgehead atoms. The molecule has 0 unspecified atom stereocenters. The Bertz CT molecular complexity index is 156. The third kappa shape index (κ3) is 11.0. The molecule has 0 rings (SSSR count). The van der Waals surface area contributed by atoms with Crippen molar-refractivity contribution in [3.8, 4) is 0 Å². The molecule has 0 aliphatic carbocycles. The van der Waals surface area contributed by atoms with Crippen LogP contribution in [-0.4, -0.2) is 13.2 Å². The van der Waals surface area contributed by atoms with Gasteiger partial charge >= 0.3 is 104 Å². The van der Waals surface area contributed by atoms with Gasteiger partial charge in [0.2, 0.25) is 0 Å². The van der Waals surface area contributed by atoms with Crippen molar-refractivity contribution in [1.29, 1.82) is 0 Å². The topological polar surface area (TPSA) is 27.7 Å². The van der Waals surface area contributed by atoms with Crippen LogP contribution in [0, 0.1) is 10.8 Å². The molecular weight excluding hydrogens is 255 g/mol. The van der Waals surface area contributed by atoms with Crippen LogP contribution in [0.1, 0.15) is 41.5 Å². The zero-order chi connectivity index (χ0) is 12.1. The van der Waals surface area contributed by atoms with Gasteiger partial charge in [0.25, 0.3) is 0 Å². The molecule has 0 atom stereocenters. The number of hydrogen-bond acceptors (Lipinski definition) is 3. The minimum absolute atomic E-state index is 0.105. The third-order valence-corrected chi connectivity index (χ3v) is 2.96. The van der Waals surface area contributed by atoms with Crippen molar-refractivity contribution in [1.82, 2.24) is 0 Å². The summed E-state index contributed by atoms with van der Waals surface area (Å²) >= 11 is 3.12. The summed E-state index contributed by atoms with van der Waals surface area (Å²) in [6, 6.07) is 0. The first-order chi connectivity index (χ1) is 6.64. The van der Waals surface area contributed by atoms with Gasteiger partial charge in [0.15, 0.2) is 0 Å². The van der Waals surface area contributed by atoms with Crippen molar-refractivity contribution in [2.24, 2.45) is 10.8 Å². The molecular formula is C10H22ClO3V. The van der Waals surface area contributed by atoms with E-state index in [9.17, 15) is 0 Å². The fourth-order valence-electron chi connectivity index (χ4n) is 0.570. The molecule has 92 valence electrons. The summed E-state index contributed by atoms with van der Waals surface area (Å²) in [5.74, 6) is 0. The van der Waals surface area contributed by atoms with Crippen molar-refractivity contribution in [2.75, 3.05) is 13.2 Å². The van der Waals surface area contributed by atoms with Crippen molar-refractivity contribution in [3.63, 3.8) is 0 Å². The summed E-state index contributed by atoms with van der Waals surface area (Å²) in [6.07, 6.45) is 0. The third-order valence-electron chi connectivity index (χ3n) is 1.26. The van der Waals surface area contributed by atoms with Gasteiger partial charge in [0.1, 0.15) is 0 Å². The molecule has 0 saturated carbocycles. The van der Waals surface area contributed by atoms with Gasteiger partial charge < -0.3 is 0 Å². The van der Waals surface area contributed by atoms with E-state index < -0.39 is 16.2 Å². The first-order valence-electron chi connectivity index (χ1n) is 4.99. The second kappa shape index (κ2) is 6.48. The molecule has 15 heavy (non-hydrogen) atoms. The van der Waals surface area contributed by atoms with E-state index in [0.717, 1.165) is 0 Å². The van der Waals surface area contributed by atoms with E-state index in [0.29, 0.717) is 13.2 Å². The van der Waals surface area contributed by atoms with E-state index in [1.807, 2.05) is 0 Å². The Morgan fingerprint density at radius 3 is 1.40 bits per heavy atom. The second-order valence-electron chi connectivity index (χ2n) is 5.96. The van der Waals surface area contributed by atoms with Crippen molar-refractivity contribution in [3.05, 3.63) is 0 Å². The molecule has 0 amide bonds.